The summed E-state index contributed by atoms with van der Waals surface area (Å²) in [6.07, 6.45) is 0. The zero-order valence-electron chi connectivity index (χ0n) is 30.4. The van der Waals surface area contributed by atoms with Gasteiger partial charge >= 0.3 is 0 Å². The lowest BCUT2D eigenvalue weighted by Crippen LogP contribution is -2.25. The van der Waals surface area contributed by atoms with Crippen molar-refractivity contribution < 1.29 is 4.42 Å². The molecule has 11 aromatic rings. The van der Waals surface area contributed by atoms with Gasteiger partial charge in [0.2, 0.25) is 0 Å². The van der Waals surface area contributed by atoms with Gasteiger partial charge in [-0.05, 0) is 112 Å². The summed E-state index contributed by atoms with van der Waals surface area (Å²) in [5.74, 6) is 0. The van der Waals surface area contributed by atoms with Crippen LogP contribution in [0.25, 0.3) is 98.8 Å². The van der Waals surface area contributed by atoms with Gasteiger partial charge in [-0.2, -0.15) is 0 Å². The highest BCUT2D eigenvalue weighted by atomic mass is 16.3. The average Bonchev–Trinajstić information content (AvgIpc) is 3.90. The minimum atomic E-state index is -0.437. The standard InChI is InChI=1S/C55H32O/c1-3-15-36-33(12-1)14-9-20-39(36)40-21-10-22-44-41(40)29-31-50-52(44)46-32-35(27-30-49(46)55(50)47-23-7-5-17-42(47)43-18-6-8-24-48(43)55)37-19-11-25-51-53(37)45-28-26-34-13-2-4-16-38(34)54(45)56-51/h1-32H. The van der Waals surface area contributed by atoms with E-state index in [2.05, 4.69) is 194 Å². The van der Waals surface area contributed by atoms with E-state index in [0.29, 0.717) is 0 Å². The quantitative estimate of drug-likeness (QED) is 0.174. The molecule has 0 saturated heterocycles. The van der Waals surface area contributed by atoms with Gasteiger partial charge in [-0.15, -0.1) is 0 Å². The fourth-order valence-electron chi connectivity index (χ4n) is 10.7. The third-order valence-electron chi connectivity index (χ3n) is 12.9. The van der Waals surface area contributed by atoms with Crippen LogP contribution in [-0.2, 0) is 5.41 Å². The number of hydrogen-bond acceptors (Lipinski definition) is 1. The van der Waals surface area contributed by atoms with Gasteiger partial charge in [-0.25, -0.2) is 0 Å². The molecule has 0 amide bonds. The smallest absolute Gasteiger partial charge is 0.143 e. The van der Waals surface area contributed by atoms with E-state index in [-0.39, 0.29) is 0 Å². The maximum absolute atomic E-state index is 6.67. The zero-order valence-corrected chi connectivity index (χ0v) is 30.4. The Bertz CT molecular complexity index is 3440. The summed E-state index contributed by atoms with van der Waals surface area (Å²) < 4.78 is 6.67. The molecule has 0 unspecified atom stereocenters. The molecule has 1 aromatic heterocycles. The van der Waals surface area contributed by atoms with Crippen LogP contribution in [0.2, 0.25) is 0 Å². The molecule has 0 N–H and O–H groups in total. The summed E-state index contributed by atoms with van der Waals surface area (Å²) in [5, 5.41) is 9.72. The Balaban J connectivity index is 1.14. The second-order valence-electron chi connectivity index (χ2n) is 15.5. The van der Waals surface area contributed by atoms with Crippen molar-refractivity contribution in [1.29, 1.82) is 0 Å². The van der Waals surface area contributed by atoms with Crippen molar-refractivity contribution in [2.75, 3.05) is 0 Å². The van der Waals surface area contributed by atoms with E-state index in [1.165, 1.54) is 93.7 Å². The van der Waals surface area contributed by atoms with Crippen LogP contribution >= 0.6 is 0 Å². The SMILES string of the molecule is c1ccc2c(c1)-c1ccccc1C21c2ccc(-c3cccc4oc5c6ccccc6ccc5c34)cc2-c2c1ccc1c(-c3cccc4ccccc34)cccc21. The van der Waals surface area contributed by atoms with Crippen molar-refractivity contribution in [2.45, 2.75) is 5.41 Å². The van der Waals surface area contributed by atoms with Crippen LogP contribution in [0.4, 0.5) is 0 Å². The van der Waals surface area contributed by atoms with Crippen LogP contribution in [0.5, 0.6) is 0 Å². The molecule has 0 fully saturated rings. The van der Waals surface area contributed by atoms with Crippen LogP contribution in [0.1, 0.15) is 22.3 Å². The Morgan fingerprint density at radius 3 is 1.70 bits per heavy atom. The first kappa shape index (κ1) is 30.1. The van der Waals surface area contributed by atoms with Crippen LogP contribution in [-0.4, -0.2) is 0 Å². The van der Waals surface area contributed by atoms with E-state index in [1.54, 1.807) is 0 Å². The van der Waals surface area contributed by atoms with Gasteiger partial charge in [0.1, 0.15) is 11.2 Å². The molecule has 0 radical (unpaired) electrons. The van der Waals surface area contributed by atoms with Crippen molar-refractivity contribution in [2.24, 2.45) is 0 Å². The van der Waals surface area contributed by atoms with Gasteiger partial charge in [-0.1, -0.05) is 176 Å². The normalized spacial score (nSPS) is 13.5. The second-order valence-corrected chi connectivity index (χ2v) is 15.5. The molecule has 2 aliphatic carbocycles. The van der Waals surface area contributed by atoms with Crippen molar-refractivity contribution >= 4 is 54.3 Å². The summed E-state index contributed by atoms with van der Waals surface area (Å²) in [7, 11) is 0. The highest BCUT2D eigenvalue weighted by Gasteiger charge is 2.52. The molecule has 13 rings (SSSR count). The first-order chi connectivity index (χ1) is 27.8. The van der Waals surface area contributed by atoms with E-state index < -0.39 is 5.41 Å². The molecule has 0 atom stereocenters. The Morgan fingerprint density at radius 1 is 0.321 bits per heavy atom. The molecule has 2 aliphatic rings. The third kappa shape index (κ3) is 3.75. The van der Waals surface area contributed by atoms with Gasteiger partial charge < -0.3 is 4.42 Å². The molecule has 1 heteroatoms. The molecule has 0 saturated carbocycles. The number of rotatable bonds is 2. The van der Waals surface area contributed by atoms with Gasteiger partial charge in [-0.3, -0.25) is 0 Å². The molecule has 1 nitrogen and oxygen atoms in total. The molecule has 10 aromatic carbocycles. The van der Waals surface area contributed by atoms with Gasteiger partial charge in [0, 0.05) is 16.2 Å². The summed E-state index contributed by atoms with van der Waals surface area (Å²) in [6, 6.07) is 72.1. The van der Waals surface area contributed by atoms with E-state index in [0.717, 1.165) is 27.3 Å². The Kier molecular flexibility index (Phi) is 5.89. The fourth-order valence-corrected chi connectivity index (χ4v) is 10.7. The maximum atomic E-state index is 6.67. The lowest BCUT2D eigenvalue weighted by molar-refractivity contribution is 0.673. The number of benzene rings is 10. The van der Waals surface area contributed by atoms with Crippen molar-refractivity contribution in [1.82, 2.24) is 0 Å². The highest BCUT2D eigenvalue weighted by molar-refractivity contribution is 6.20. The first-order valence-corrected chi connectivity index (χ1v) is 19.5. The second kappa shape index (κ2) is 10.9. The molecule has 0 bridgehead atoms. The summed E-state index contributed by atoms with van der Waals surface area (Å²) in [5.41, 5.74) is 17.0. The number of fused-ring (bicyclic) bond motifs is 18. The van der Waals surface area contributed by atoms with E-state index in [1.807, 2.05) is 0 Å². The van der Waals surface area contributed by atoms with Crippen molar-refractivity contribution in [3.8, 4) is 44.5 Å². The number of hydrogen-bond donors (Lipinski definition) is 0. The van der Waals surface area contributed by atoms with Crippen molar-refractivity contribution in [3.63, 3.8) is 0 Å². The summed E-state index contributed by atoms with van der Waals surface area (Å²) in [6.45, 7) is 0. The first-order valence-electron chi connectivity index (χ1n) is 19.5. The minimum Gasteiger partial charge on any atom is -0.455 e. The van der Waals surface area contributed by atoms with Gasteiger partial charge in [0.25, 0.3) is 0 Å². The highest BCUT2D eigenvalue weighted by Crippen LogP contribution is 2.64. The van der Waals surface area contributed by atoms with E-state index in [4.69, 9.17) is 4.42 Å². The zero-order chi connectivity index (χ0) is 36.5. The van der Waals surface area contributed by atoms with Crippen LogP contribution in [0, 0.1) is 0 Å². The van der Waals surface area contributed by atoms with E-state index in [9.17, 15) is 0 Å². The monoisotopic (exact) mass is 708 g/mol. The molecular formula is C55H32O. The van der Waals surface area contributed by atoms with Gasteiger partial charge in [0.05, 0.1) is 5.41 Å². The lowest BCUT2D eigenvalue weighted by atomic mass is 9.70. The van der Waals surface area contributed by atoms with Crippen LogP contribution in [0.15, 0.2) is 199 Å². The van der Waals surface area contributed by atoms with Crippen molar-refractivity contribution in [3.05, 3.63) is 216 Å². The topological polar surface area (TPSA) is 13.1 Å². The molecule has 258 valence electrons. The predicted molar refractivity (Wildman–Crippen MR) is 233 cm³/mol. The predicted octanol–water partition coefficient (Wildman–Crippen LogP) is 14.7. The third-order valence-corrected chi connectivity index (χ3v) is 12.9. The Hall–Kier alpha value is -7.22. The molecule has 1 heterocycles. The Labute approximate surface area is 323 Å². The molecule has 1 spiro atoms. The minimum absolute atomic E-state index is 0.437. The Morgan fingerprint density at radius 2 is 0.875 bits per heavy atom. The van der Waals surface area contributed by atoms with Crippen LogP contribution < -0.4 is 0 Å². The largest absolute Gasteiger partial charge is 0.455 e. The molecule has 56 heavy (non-hydrogen) atoms. The maximum Gasteiger partial charge on any atom is 0.143 e. The average molecular weight is 709 g/mol. The number of furan rings is 1. The van der Waals surface area contributed by atoms with Crippen LogP contribution in [0.3, 0.4) is 0 Å². The van der Waals surface area contributed by atoms with E-state index >= 15 is 0 Å². The molecular weight excluding hydrogens is 677 g/mol. The summed E-state index contributed by atoms with van der Waals surface area (Å²) >= 11 is 0. The molecule has 0 aliphatic heterocycles. The fraction of sp³-hybridized carbons (Fsp3) is 0.0182. The van der Waals surface area contributed by atoms with Gasteiger partial charge in [0.15, 0.2) is 0 Å². The summed E-state index contributed by atoms with van der Waals surface area (Å²) in [4.78, 5) is 0. The lowest BCUT2D eigenvalue weighted by Gasteiger charge is -2.30.